The fraction of sp³-hybridized carbons (Fsp3) is 0.389. The van der Waals surface area contributed by atoms with Crippen LogP contribution in [0.15, 0.2) is 51.0 Å². The van der Waals surface area contributed by atoms with Crippen LogP contribution in [0.4, 0.5) is 0 Å². The van der Waals surface area contributed by atoms with E-state index in [0.29, 0.717) is 23.4 Å². The lowest BCUT2D eigenvalue weighted by molar-refractivity contribution is 0.0931. The number of methoxy groups -OCH3 is 1. The van der Waals surface area contributed by atoms with Crippen LogP contribution in [0, 0.1) is 0 Å². The average molecular weight is 344 g/mol. The highest BCUT2D eigenvalue weighted by Gasteiger charge is 2.39. The number of hydrogen-bond donors (Lipinski definition) is 2. The summed E-state index contributed by atoms with van der Waals surface area (Å²) >= 11 is 1.50. The summed E-state index contributed by atoms with van der Waals surface area (Å²) in [6, 6.07) is 10.7. The number of ether oxygens (including phenoxy) is 1. The summed E-state index contributed by atoms with van der Waals surface area (Å²) in [6.45, 7) is 0. The molecule has 5 nitrogen and oxygen atoms in total. The first-order valence-electron chi connectivity index (χ1n) is 8.18. The number of amides is 1. The second-order valence-corrected chi connectivity index (χ2v) is 7.37. The first-order valence-corrected chi connectivity index (χ1v) is 9.00. The highest BCUT2D eigenvalue weighted by atomic mass is 32.2. The zero-order chi connectivity index (χ0) is 16.5. The monoisotopic (exact) mass is 344 g/mol. The van der Waals surface area contributed by atoms with Gasteiger partial charge in [-0.1, -0.05) is 11.8 Å². The van der Waals surface area contributed by atoms with Gasteiger partial charge in [0.05, 0.1) is 7.11 Å². The van der Waals surface area contributed by atoms with E-state index in [1.165, 1.54) is 18.2 Å². The molecule has 2 aliphatic heterocycles. The number of fused-ring (bicyclic) bond motifs is 2. The Balaban J connectivity index is 1.37. The van der Waals surface area contributed by atoms with Crippen LogP contribution in [0.2, 0.25) is 0 Å². The third kappa shape index (κ3) is 3.16. The number of carbonyl (C=O) groups excluding carboxylic acids is 1. The quantitative estimate of drug-likeness (QED) is 0.873. The van der Waals surface area contributed by atoms with Gasteiger partial charge >= 0.3 is 0 Å². The Morgan fingerprint density at radius 1 is 1.33 bits per heavy atom. The van der Waals surface area contributed by atoms with Crippen molar-refractivity contribution in [2.75, 3.05) is 7.11 Å². The molecule has 0 radical (unpaired) electrons. The predicted octanol–water partition coefficient (Wildman–Crippen LogP) is 3.06. The Hall–Kier alpha value is -1.92. The molecule has 0 spiro atoms. The van der Waals surface area contributed by atoms with Crippen LogP contribution in [0.1, 0.15) is 29.6 Å². The molecule has 126 valence electrons. The van der Waals surface area contributed by atoms with Gasteiger partial charge in [0.15, 0.2) is 10.8 Å². The summed E-state index contributed by atoms with van der Waals surface area (Å²) in [5.74, 6) is 0.707. The van der Waals surface area contributed by atoms with Crippen LogP contribution in [-0.4, -0.2) is 31.1 Å². The van der Waals surface area contributed by atoms with Crippen molar-refractivity contribution in [2.45, 2.75) is 47.4 Å². The van der Waals surface area contributed by atoms with E-state index in [9.17, 15) is 4.79 Å². The lowest BCUT2D eigenvalue weighted by Gasteiger charge is -2.21. The molecule has 3 atom stereocenters. The maximum absolute atomic E-state index is 12.4. The molecule has 2 fully saturated rings. The van der Waals surface area contributed by atoms with Crippen LogP contribution in [0.5, 0.6) is 5.75 Å². The van der Waals surface area contributed by atoms with Crippen molar-refractivity contribution in [1.29, 1.82) is 0 Å². The van der Waals surface area contributed by atoms with Gasteiger partial charge in [-0.05, 0) is 43.5 Å². The van der Waals surface area contributed by atoms with Gasteiger partial charge in [0, 0.05) is 34.7 Å². The van der Waals surface area contributed by atoms with Gasteiger partial charge in [0.25, 0.3) is 5.91 Å². The minimum atomic E-state index is 0.00516. The number of benzene rings is 1. The second-order valence-electron chi connectivity index (χ2n) is 6.30. The number of furan rings is 1. The molecule has 2 aromatic rings. The van der Waals surface area contributed by atoms with E-state index in [1.54, 1.807) is 13.4 Å². The molecule has 1 aromatic carbocycles. The summed E-state index contributed by atoms with van der Waals surface area (Å²) in [4.78, 5) is 13.4. The van der Waals surface area contributed by atoms with Crippen molar-refractivity contribution in [2.24, 2.45) is 0 Å². The van der Waals surface area contributed by atoms with Gasteiger partial charge in [-0.2, -0.15) is 0 Å². The van der Waals surface area contributed by atoms with E-state index >= 15 is 0 Å². The molecule has 2 aliphatic rings. The minimum Gasteiger partial charge on any atom is -0.493 e. The third-order valence-corrected chi connectivity index (χ3v) is 5.66. The van der Waals surface area contributed by atoms with Crippen LogP contribution in [-0.2, 0) is 0 Å². The maximum atomic E-state index is 12.4. The van der Waals surface area contributed by atoms with E-state index in [1.807, 2.05) is 30.3 Å². The molecule has 2 bridgehead atoms. The molecule has 6 heteroatoms. The molecule has 2 N–H and O–H groups in total. The fourth-order valence-corrected chi connectivity index (χ4v) is 4.26. The molecule has 4 rings (SSSR count). The van der Waals surface area contributed by atoms with Crippen molar-refractivity contribution >= 4 is 17.7 Å². The minimum absolute atomic E-state index is 0.00516. The number of rotatable bonds is 5. The van der Waals surface area contributed by atoms with Gasteiger partial charge in [0.1, 0.15) is 6.26 Å². The number of nitrogens with one attached hydrogen (secondary N) is 2. The molecule has 0 aliphatic carbocycles. The summed E-state index contributed by atoms with van der Waals surface area (Å²) in [5.41, 5.74) is 0.694. The molecule has 3 heterocycles. The van der Waals surface area contributed by atoms with Gasteiger partial charge in [0.2, 0.25) is 0 Å². The Morgan fingerprint density at radius 2 is 2.17 bits per heavy atom. The van der Waals surface area contributed by atoms with Gasteiger partial charge < -0.3 is 19.8 Å². The Labute approximate surface area is 145 Å². The SMILES string of the molecule is COc1coc(Sc2ccc(C(=O)N[C@@H]3C[C@H]4CC[C@@H]3N4)cc2)c1. The Bertz CT molecular complexity index is 728. The molecular weight excluding hydrogens is 324 g/mol. The number of carbonyl (C=O) groups is 1. The van der Waals surface area contributed by atoms with Gasteiger partial charge in [-0.3, -0.25) is 4.79 Å². The summed E-state index contributed by atoms with van der Waals surface area (Å²) in [6.07, 6.45) is 5.02. The van der Waals surface area contributed by atoms with Crippen LogP contribution in [0.3, 0.4) is 0 Å². The van der Waals surface area contributed by atoms with Gasteiger partial charge in [-0.15, -0.1) is 0 Å². The van der Waals surface area contributed by atoms with E-state index in [-0.39, 0.29) is 11.9 Å². The largest absolute Gasteiger partial charge is 0.493 e. The van der Waals surface area contributed by atoms with E-state index in [4.69, 9.17) is 9.15 Å². The topological polar surface area (TPSA) is 63.5 Å². The standard InChI is InChI=1S/C18H20N2O3S/c1-22-13-9-17(23-10-13)24-14-5-2-11(3-6-14)18(21)20-16-8-12-4-7-15(16)19-12/h2-3,5-6,9-10,12,15-16,19H,4,7-8H2,1H3,(H,20,21)/t12-,15+,16-/m1/s1. The van der Waals surface area contributed by atoms with Crippen molar-refractivity contribution in [3.8, 4) is 5.75 Å². The molecule has 2 saturated heterocycles. The summed E-state index contributed by atoms with van der Waals surface area (Å²) in [7, 11) is 1.61. The normalized spacial score (nSPS) is 25.0. The first-order chi connectivity index (χ1) is 11.7. The Kier molecular flexibility index (Phi) is 4.24. The van der Waals surface area contributed by atoms with Crippen molar-refractivity contribution in [3.63, 3.8) is 0 Å². The zero-order valence-corrected chi connectivity index (χ0v) is 14.3. The van der Waals surface area contributed by atoms with Crippen molar-refractivity contribution in [1.82, 2.24) is 10.6 Å². The second kappa shape index (κ2) is 6.53. The van der Waals surface area contributed by atoms with Crippen LogP contribution in [0.25, 0.3) is 0 Å². The van der Waals surface area contributed by atoms with E-state index < -0.39 is 0 Å². The van der Waals surface area contributed by atoms with Crippen LogP contribution >= 0.6 is 11.8 Å². The summed E-state index contributed by atoms with van der Waals surface area (Å²) in [5, 5.41) is 7.46. The molecule has 1 aromatic heterocycles. The van der Waals surface area contributed by atoms with Crippen molar-refractivity contribution < 1.29 is 13.9 Å². The number of hydrogen-bond acceptors (Lipinski definition) is 5. The van der Waals surface area contributed by atoms with Crippen LogP contribution < -0.4 is 15.4 Å². The van der Waals surface area contributed by atoms with E-state index in [0.717, 1.165) is 22.8 Å². The predicted molar refractivity (Wildman–Crippen MR) is 91.6 cm³/mol. The molecule has 1 amide bonds. The summed E-state index contributed by atoms with van der Waals surface area (Å²) < 4.78 is 10.5. The van der Waals surface area contributed by atoms with Crippen molar-refractivity contribution in [3.05, 3.63) is 42.2 Å². The van der Waals surface area contributed by atoms with Gasteiger partial charge in [-0.25, -0.2) is 0 Å². The molecule has 0 saturated carbocycles. The lowest BCUT2D eigenvalue weighted by atomic mass is 9.95. The lowest BCUT2D eigenvalue weighted by Crippen LogP contribution is -2.42. The Morgan fingerprint density at radius 3 is 2.79 bits per heavy atom. The molecular formula is C18H20N2O3S. The molecule has 24 heavy (non-hydrogen) atoms. The highest BCUT2D eigenvalue weighted by molar-refractivity contribution is 7.99. The van der Waals surface area contributed by atoms with E-state index in [2.05, 4.69) is 10.6 Å². The third-order valence-electron chi connectivity index (χ3n) is 4.74. The fourth-order valence-electron chi connectivity index (χ4n) is 3.49. The average Bonchev–Trinajstić information content (AvgIpc) is 3.32. The highest BCUT2D eigenvalue weighted by Crippen LogP contribution is 2.32. The first kappa shape index (κ1) is 15.6. The smallest absolute Gasteiger partial charge is 0.251 e. The zero-order valence-electron chi connectivity index (χ0n) is 13.5. The molecule has 0 unspecified atom stereocenters. The maximum Gasteiger partial charge on any atom is 0.251 e.